The molecule has 2 amide bonds. The summed E-state index contributed by atoms with van der Waals surface area (Å²) in [5.41, 5.74) is 0.340. The van der Waals surface area contributed by atoms with E-state index in [1.165, 1.54) is 13.0 Å². The van der Waals surface area contributed by atoms with Crippen molar-refractivity contribution in [3.05, 3.63) is 29.8 Å². The average molecular weight is 383 g/mol. The molecule has 26 heavy (non-hydrogen) atoms. The normalized spacial score (nSPS) is 16.9. The number of imide groups is 1. The Balaban J connectivity index is 1.99. The molecule has 10 nitrogen and oxygen atoms in total. The fraction of sp³-hybridized carbons (Fsp3) is 0.333. The number of rotatable bonds is 5. The molecule has 0 aromatic heterocycles. The molecule has 0 radical (unpaired) electrons. The van der Waals surface area contributed by atoms with Gasteiger partial charge in [0, 0.05) is 5.56 Å². The summed E-state index contributed by atoms with van der Waals surface area (Å²) in [5, 5.41) is 1.87. The zero-order valence-corrected chi connectivity index (χ0v) is 14.8. The number of esters is 1. The van der Waals surface area contributed by atoms with Crippen LogP contribution in [0.3, 0.4) is 0 Å². The third-order valence-electron chi connectivity index (χ3n) is 3.19. The number of alkyl carbamates (subject to hydrolysis) is 1. The second kappa shape index (κ2) is 7.95. The summed E-state index contributed by atoms with van der Waals surface area (Å²) in [7, 11) is -3.72. The van der Waals surface area contributed by atoms with Crippen molar-refractivity contribution in [1.29, 1.82) is 0 Å². The van der Waals surface area contributed by atoms with Gasteiger partial charge >= 0.3 is 12.1 Å². The van der Waals surface area contributed by atoms with Gasteiger partial charge in [-0.15, -0.1) is 0 Å². The molecule has 0 unspecified atom stereocenters. The number of hydrogen-bond acceptors (Lipinski definition) is 8. The Kier molecular flexibility index (Phi) is 5.93. The van der Waals surface area contributed by atoms with Crippen LogP contribution in [0.25, 0.3) is 0 Å². The van der Waals surface area contributed by atoms with Crippen LogP contribution in [-0.2, 0) is 29.1 Å². The van der Waals surface area contributed by atoms with Crippen LogP contribution >= 0.6 is 0 Å². The molecule has 140 valence electrons. The SMILES string of the molecule is CCOC(=O)NC(=O)COC(=O)[C@H](C)N=C1NS(=O)(=O)c2ccccc21. The number of carbonyl (C=O) groups excluding carboxylic acids is 3. The first kappa shape index (κ1) is 19.4. The van der Waals surface area contributed by atoms with E-state index in [0.29, 0.717) is 5.56 Å². The molecule has 1 aromatic rings. The maximum absolute atomic E-state index is 12.0. The van der Waals surface area contributed by atoms with Crippen molar-refractivity contribution in [1.82, 2.24) is 10.0 Å². The fourth-order valence-corrected chi connectivity index (χ4v) is 3.29. The number of ether oxygens (including phenoxy) is 2. The molecule has 0 bridgehead atoms. The molecule has 0 aliphatic carbocycles. The van der Waals surface area contributed by atoms with Gasteiger partial charge in [0.05, 0.1) is 11.5 Å². The Bertz CT molecular complexity index is 864. The molecule has 2 rings (SSSR count). The first-order chi connectivity index (χ1) is 12.2. The third-order valence-corrected chi connectivity index (χ3v) is 4.59. The number of hydrogen-bond donors (Lipinski definition) is 2. The largest absolute Gasteiger partial charge is 0.454 e. The molecule has 0 fully saturated rings. The smallest absolute Gasteiger partial charge is 0.413 e. The van der Waals surface area contributed by atoms with Crippen LogP contribution in [0.4, 0.5) is 4.79 Å². The van der Waals surface area contributed by atoms with Gasteiger partial charge in [-0.1, -0.05) is 12.1 Å². The van der Waals surface area contributed by atoms with E-state index in [1.807, 2.05) is 5.32 Å². The summed E-state index contributed by atoms with van der Waals surface area (Å²) in [6, 6.07) is 5.11. The monoisotopic (exact) mass is 383 g/mol. The Morgan fingerprint density at radius 1 is 1.23 bits per heavy atom. The first-order valence-corrected chi connectivity index (χ1v) is 9.06. The molecular formula is C15H17N3O7S. The van der Waals surface area contributed by atoms with Gasteiger partial charge in [-0.3, -0.25) is 19.8 Å². The number of fused-ring (bicyclic) bond motifs is 1. The quantitative estimate of drug-likeness (QED) is 0.678. The lowest BCUT2D eigenvalue weighted by Gasteiger charge is -2.09. The predicted molar refractivity (Wildman–Crippen MR) is 88.9 cm³/mol. The van der Waals surface area contributed by atoms with Crippen molar-refractivity contribution in [2.45, 2.75) is 24.8 Å². The second-order valence-corrected chi connectivity index (χ2v) is 6.78. The fourth-order valence-electron chi connectivity index (χ4n) is 2.05. The van der Waals surface area contributed by atoms with Crippen LogP contribution in [0, 0.1) is 0 Å². The van der Waals surface area contributed by atoms with Crippen molar-refractivity contribution >= 4 is 33.8 Å². The van der Waals surface area contributed by atoms with Crippen LogP contribution in [0.2, 0.25) is 0 Å². The number of aliphatic imine (C=N–C) groups is 1. The minimum Gasteiger partial charge on any atom is -0.454 e. The molecule has 1 aromatic carbocycles. The van der Waals surface area contributed by atoms with E-state index in [0.717, 1.165) is 0 Å². The number of benzene rings is 1. The van der Waals surface area contributed by atoms with Crippen LogP contribution in [0.15, 0.2) is 34.2 Å². The van der Waals surface area contributed by atoms with Gasteiger partial charge in [0.1, 0.15) is 11.9 Å². The molecule has 1 atom stereocenters. The number of sulfonamides is 1. The van der Waals surface area contributed by atoms with Crippen molar-refractivity contribution in [3.8, 4) is 0 Å². The van der Waals surface area contributed by atoms with Crippen molar-refractivity contribution in [3.63, 3.8) is 0 Å². The van der Waals surface area contributed by atoms with Gasteiger partial charge in [-0.2, -0.15) is 0 Å². The van der Waals surface area contributed by atoms with E-state index in [-0.39, 0.29) is 17.3 Å². The lowest BCUT2D eigenvalue weighted by molar-refractivity contribution is -0.149. The maximum atomic E-state index is 12.0. The van der Waals surface area contributed by atoms with Crippen LogP contribution in [0.5, 0.6) is 0 Å². The molecule has 1 aliphatic heterocycles. The third kappa shape index (κ3) is 4.57. The summed E-state index contributed by atoms with van der Waals surface area (Å²) in [6.45, 7) is 2.34. The van der Waals surface area contributed by atoms with E-state index in [2.05, 4.69) is 14.5 Å². The summed E-state index contributed by atoms with van der Waals surface area (Å²) >= 11 is 0. The Morgan fingerprint density at radius 2 is 1.92 bits per heavy atom. The summed E-state index contributed by atoms with van der Waals surface area (Å²) in [4.78, 5) is 38.5. The van der Waals surface area contributed by atoms with Crippen molar-refractivity contribution < 1.29 is 32.3 Å². The molecule has 0 spiro atoms. The zero-order chi connectivity index (χ0) is 19.3. The van der Waals surface area contributed by atoms with Crippen molar-refractivity contribution in [2.75, 3.05) is 13.2 Å². The first-order valence-electron chi connectivity index (χ1n) is 7.58. The average Bonchev–Trinajstić information content (AvgIpc) is 2.83. The van der Waals surface area contributed by atoms with Gasteiger partial charge in [-0.05, 0) is 26.0 Å². The van der Waals surface area contributed by atoms with E-state index in [1.54, 1.807) is 25.1 Å². The highest BCUT2D eigenvalue weighted by molar-refractivity contribution is 7.90. The Labute approximate surface area is 149 Å². The van der Waals surface area contributed by atoms with Gasteiger partial charge in [0.2, 0.25) is 0 Å². The lowest BCUT2D eigenvalue weighted by Crippen LogP contribution is -2.35. The summed E-state index contributed by atoms with van der Waals surface area (Å²) in [6.07, 6.45) is -0.946. The molecule has 1 aliphatic rings. The number of nitrogens with zero attached hydrogens (tertiary/aromatic N) is 1. The van der Waals surface area contributed by atoms with Crippen molar-refractivity contribution in [2.24, 2.45) is 4.99 Å². The zero-order valence-electron chi connectivity index (χ0n) is 14.0. The lowest BCUT2D eigenvalue weighted by atomic mass is 10.2. The van der Waals surface area contributed by atoms with Crippen LogP contribution in [-0.4, -0.2) is 51.5 Å². The van der Waals surface area contributed by atoms with E-state index in [4.69, 9.17) is 4.74 Å². The van der Waals surface area contributed by atoms with E-state index < -0.39 is 40.6 Å². The van der Waals surface area contributed by atoms with Gasteiger partial charge in [0.25, 0.3) is 15.9 Å². The predicted octanol–water partition coefficient (Wildman–Crippen LogP) is -0.0705. The molecule has 0 saturated heterocycles. The van der Waals surface area contributed by atoms with Gasteiger partial charge < -0.3 is 9.47 Å². The minimum absolute atomic E-state index is 0.0148. The highest BCUT2D eigenvalue weighted by atomic mass is 32.2. The van der Waals surface area contributed by atoms with Crippen LogP contribution in [0.1, 0.15) is 19.4 Å². The Morgan fingerprint density at radius 3 is 2.62 bits per heavy atom. The number of amides is 2. The molecule has 0 saturated carbocycles. The van der Waals surface area contributed by atoms with E-state index >= 15 is 0 Å². The van der Waals surface area contributed by atoms with Gasteiger partial charge in [0.15, 0.2) is 6.61 Å². The maximum Gasteiger partial charge on any atom is 0.413 e. The van der Waals surface area contributed by atoms with Crippen LogP contribution < -0.4 is 10.0 Å². The second-order valence-electron chi connectivity index (χ2n) is 5.13. The highest BCUT2D eigenvalue weighted by Crippen LogP contribution is 2.22. The number of nitrogens with one attached hydrogen (secondary N) is 2. The minimum atomic E-state index is -3.72. The highest BCUT2D eigenvalue weighted by Gasteiger charge is 2.31. The van der Waals surface area contributed by atoms with E-state index in [9.17, 15) is 22.8 Å². The number of carbonyl (C=O) groups is 3. The van der Waals surface area contributed by atoms with Gasteiger partial charge in [-0.25, -0.2) is 18.0 Å². The molecule has 2 N–H and O–H groups in total. The standard InChI is InChI=1S/C15H17N3O7S/c1-3-24-15(21)17-12(19)8-25-14(20)9(2)16-13-10-6-4-5-7-11(10)26(22,23)18-13/h4-7,9H,3,8H2,1-2H3,(H,16,18)(H,17,19,21)/t9-/m0/s1. The molecular weight excluding hydrogens is 366 g/mol. The topological polar surface area (TPSA) is 140 Å². The summed E-state index contributed by atoms with van der Waals surface area (Å²) < 4.78 is 35.5. The Hall–Kier alpha value is -2.95. The number of amidine groups is 1. The molecule has 1 heterocycles. The summed E-state index contributed by atoms with van der Waals surface area (Å²) in [5.74, 6) is -1.70. The molecule has 11 heteroatoms.